The van der Waals surface area contributed by atoms with Gasteiger partial charge in [0.15, 0.2) is 12.6 Å². The van der Waals surface area contributed by atoms with Crippen LogP contribution >= 0.6 is 0 Å². The molecule has 2 aliphatic heterocycles. The van der Waals surface area contributed by atoms with Crippen molar-refractivity contribution in [2.24, 2.45) is 0 Å². The first kappa shape index (κ1) is 17.0. The van der Waals surface area contributed by atoms with Crippen LogP contribution in [0.1, 0.15) is 0 Å². The van der Waals surface area contributed by atoms with E-state index in [-0.39, 0.29) is 6.61 Å². The Morgan fingerprint density at radius 3 is 2.19 bits per heavy atom. The summed E-state index contributed by atoms with van der Waals surface area (Å²) in [6.45, 7) is -0.938. The van der Waals surface area contributed by atoms with Gasteiger partial charge in [-0.1, -0.05) is 0 Å². The highest BCUT2D eigenvalue weighted by molar-refractivity contribution is 4.91. The molecule has 0 amide bonds. The van der Waals surface area contributed by atoms with E-state index >= 15 is 0 Å². The monoisotopic (exact) mass is 312 g/mol. The smallest absolute Gasteiger partial charge is 0.187 e. The third-order valence-electron chi connectivity index (χ3n) is 3.59. The molecule has 2 aliphatic rings. The normalized spacial score (nSPS) is 51.9. The van der Waals surface area contributed by atoms with E-state index in [1.165, 1.54) is 0 Å². The van der Waals surface area contributed by atoms with Crippen molar-refractivity contribution in [1.82, 2.24) is 0 Å². The second-order valence-corrected chi connectivity index (χ2v) is 5.08. The van der Waals surface area contributed by atoms with Crippen molar-refractivity contribution in [3.05, 3.63) is 0 Å². The average molecular weight is 312 g/mol. The maximum atomic E-state index is 9.79. The van der Waals surface area contributed by atoms with E-state index in [4.69, 9.17) is 14.6 Å². The van der Waals surface area contributed by atoms with Gasteiger partial charge in [-0.3, -0.25) is 0 Å². The summed E-state index contributed by atoms with van der Waals surface area (Å²) >= 11 is 0. The summed E-state index contributed by atoms with van der Waals surface area (Å²) in [4.78, 5) is 0. The van der Waals surface area contributed by atoms with Gasteiger partial charge in [-0.2, -0.15) is 0 Å². The van der Waals surface area contributed by atoms with Crippen LogP contribution in [0.25, 0.3) is 0 Å². The van der Waals surface area contributed by atoms with Crippen LogP contribution in [0, 0.1) is 0 Å². The van der Waals surface area contributed by atoms with E-state index in [9.17, 15) is 30.6 Å². The molecule has 10 nitrogen and oxygen atoms in total. The third kappa shape index (κ3) is 3.35. The second kappa shape index (κ2) is 6.79. The summed E-state index contributed by atoms with van der Waals surface area (Å²) in [5.74, 6) is 0. The van der Waals surface area contributed by atoms with Gasteiger partial charge in [0.2, 0.25) is 0 Å². The SMILES string of the molecule is OCC1O[C@H](O[C@@H]2C(O)[C@H](O)OC[C@@H]2O)C(O)[C@@H](O)[C@H]1O. The van der Waals surface area contributed by atoms with Gasteiger partial charge in [0.1, 0.15) is 42.7 Å². The highest BCUT2D eigenvalue weighted by Crippen LogP contribution is 2.26. The summed E-state index contributed by atoms with van der Waals surface area (Å²) in [5, 5.41) is 66.8. The molecule has 0 aliphatic carbocycles. The molecule has 2 rings (SSSR count). The molecule has 0 aromatic carbocycles. The maximum absolute atomic E-state index is 9.79. The molecule has 9 atom stereocenters. The van der Waals surface area contributed by atoms with Gasteiger partial charge >= 0.3 is 0 Å². The largest absolute Gasteiger partial charge is 0.394 e. The van der Waals surface area contributed by atoms with E-state index in [0.717, 1.165) is 0 Å². The Morgan fingerprint density at radius 1 is 0.905 bits per heavy atom. The van der Waals surface area contributed by atoms with Crippen molar-refractivity contribution in [1.29, 1.82) is 0 Å². The lowest BCUT2D eigenvalue weighted by Crippen LogP contribution is -2.62. The van der Waals surface area contributed by atoms with Gasteiger partial charge < -0.3 is 50.0 Å². The van der Waals surface area contributed by atoms with Gasteiger partial charge in [-0.25, -0.2) is 0 Å². The minimum Gasteiger partial charge on any atom is -0.394 e. The van der Waals surface area contributed by atoms with Crippen molar-refractivity contribution in [3.63, 3.8) is 0 Å². The molecule has 0 spiro atoms. The van der Waals surface area contributed by atoms with E-state index in [2.05, 4.69) is 4.74 Å². The summed E-state index contributed by atoms with van der Waals surface area (Å²) in [5.41, 5.74) is 0. The first-order chi connectivity index (χ1) is 9.86. The predicted octanol–water partition coefficient (Wildman–Crippen LogP) is -4.76. The molecule has 0 aromatic heterocycles. The first-order valence-electron chi connectivity index (χ1n) is 6.48. The Labute approximate surface area is 119 Å². The van der Waals surface area contributed by atoms with Gasteiger partial charge in [-0.15, -0.1) is 0 Å². The lowest BCUT2D eigenvalue weighted by atomic mass is 9.98. The van der Waals surface area contributed by atoms with E-state index in [1.807, 2.05) is 0 Å². The van der Waals surface area contributed by atoms with E-state index in [1.54, 1.807) is 0 Å². The summed E-state index contributed by atoms with van der Waals surface area (Å²) < 4.78 is 15.0. The number of aliphatic hydroxyl groups is 7. The fourth-order valence-corrected chi connectivity index (χ4v) is 2.29. The van der Waals surface area contributed by atoms with Crippen LogP contribution in [0.4, 0.5) is 0 Å². The topological polar surface area (TPSA) is 169 Å². The molecule has 0 radical (unpaired) electrons. The number of hydrogen-bond acceptors (Lipinski definition) is 10. The van der Waals surface area contributed by atoms with Crippen molar-refractivity contribution < 1.29 is 50.0 Å². The minimum atomic E-state index is -1.66. The molecular weight excluding hydrogens is 292 g/mol. The highest BCUT2D eigenvalue weighted by atomic mass is 16.7. The van der Waals surface area contributed by atoms with Crippen molar-refractivity contribution >= 4 is 0 Å². The molecule has 124 valence electrons. The molecule has 0 aromatic rings. The lowest BCUT2D eigenvalue weighted by Gasteiger charge is -2.43. The Balaban J connectivity index is 2.06. The second-order valence-electron chi connectivity index (χ2n) is 5.08. The molecule has 10 heteroatoms. The fraction of sp³-hybridized carbons (Fsp3) is 1.00. The molecule has 0 saturated carbocycles. The zero-order chi connectivity index (χ0) is 15.7. The Morgan fingerprint density at radius 2 is 1.57 bits per heavy atom. The zero-order valence-electron chi connectivity index (χ0n) is 11.0. The van der Waals surface area contributed by atoms with Gasteiger partial charge in [0, 0.05) is 0 Å². The van der Waals surface area contributed by atoms with Gasteiger partial charge in [0.05, 0.1) is 13.2 Å². The summed E-state index contributed by atoms with van der Waals surface area (Å²) in [7, 11) is 0. The summed E-state index contributed by atoms with van der Waals surface area (Å²) in [6, 6.07) is 0. The Bertz CT molecular complexity index is 339. The standard InChI is InChI=1S/C11H20O10/c12-1-4-5(14)6(15)7(16)11(20-4)21-9-3(13)2-19-10(18)8(9)17/h3-18H,1-2H2/t3-,4?,5-,6-,7?,8?,9-,10+,11+/m0/s1. The fourth-order valence-electron chi connectivity index (χ4n) is 2.29. The van der Waals surface area contributed by atoms with E-state index in [0.29, 0.717) is 0 Å². The van der Waals surface area contributed by atoms with Gasteiger partial charge in [0.25, 0.3) is 0 Å². The Kier molecular flexibility index (Phi) is 5.48. The minimum absolute atomic E-state index is 0.305. The molecule has 3 unspecified atom stereocenters. The number of ether oxygens (including phenoxy) is 3. The zero-order valence-corrected chi connectivity index (χ0v) is 11.0. The molecule has 2 fully saturated rings. The van der Waals surface area contributed by atoms with Crippen molar-refractivity contribution in [2.75, 3.05) is 13.2 Å². The average Bonchev–Trinajstić information content (AvgIpc) is 2.47. The number of rotatable bonds is 3. The van der Waals surface area contributed by atoms with Crippen molar-refractivity contribution in [2.45, 2.75) is 55.3 Å². The highest BCUT2D eigenvalue weighted by Gasteiger charge is 2.48. The van der Waals surface area contributed by atoms with Crippen molar-refractivity contribution in [3.8, 4) is 0 Å². The van der Waals surface area contributed by atoms with Crippen LogP contribution < -0.4 is 0 Å². The van der Waals surface area contributed by atoms with E-state index < -0.39 is 61.9 Å². The molecule has 7 N–H and O–H groups in total. The summed E-state index contributed by atoms with van der Waals surface area (Å²) in [6.07, 6.45) is -13.3. The van der Waals surface area contributed by atoms with Gasteiger partial charge in [-0.05, 0) is 0 Å². The van der Waals surface area contributed by atoms with Crippen LogP contribution in [0.5, 0.6) is 0 Å². The van der Waals surface area contributed by atoms with Crippen LogP contribution in [0.3, 0.4) is 0 Å². The molecule has 0 bridgehead atoms. The van der Waals surface area contributed by atoms with Crippen LogP contribution in [0.15, 0.2) is 0 Å². The molecule has 2 saturated heterocycles. The van der Waals surface area contributed by atoms with Crippen LogP contribution in [-0.2, 0) is 14.2 Å². The lowest BCUT2D eigenvalue weighted by molar-refractivity contribution is -0.345. The first-order valence-corrected chi connectivity index (χ1v) is 6.48. The van der Waals surface area contributed by atoms with Crippen LogP contribution in [0.2, 0.25) is 0 Å². The quantitative estimate of drug-likeness (QED) is 0.268. The number of aliphatic hydroxyl groups excluding tert-OH is 7. The third-order valence-corrected chi connectivity index (χ3v) is 3.59. The number of hydrogen-bond donors (Lipinski definition) is 7. The molecule has 21 heavy (non-hydrogen) atoms. The predicted molar refractivity (Wildman–Crippen MR) is 62.6 cm³/mol. The maximum Gasteiger partial charge on any atom is 0.187 e. The Hall–Kier alpha value is -0.400. The molecule has 2 heterocycles. The van der Waals surface area contributed by atoms with Crippen LogP contribution in [-0.4, -0.2) is 104 Å². The molecular formula is C11H20O10.